The van der Waals surface area contributed by atoms with Gasteiger partial charge in [0.05, 0.1) is 0 Å². The van der Waals surface area contributed by atoms with E-state index in [1.165, 1.54) is 0 Å². The van der Waals surface area contributed by atoms with Crippen molar-refractivity contribution in [3.63, 3.8) is 0 Å². The molecule has 0 aliphatic rings. The van der Waals surface area contributed by atoms with E-state index in [9.17, 15) is 5.21 Å². The first-order valence-electron chi connectivity index (χ1n) is 7.97. The molecule has 0 bridgehead atoms. The second-order valence-electron chi connectivity index (χ2n) is 5.52. The van der Waals surface area contributed by atoms with E-state index in [1.54, 1.807) is 0 Å². The third-order valence-corrected chi connectivity index (χ3v) is 3.74. The Kier molecular flexibility index (Phi) is 5.21. The highest BCUT2D eigenvalue weighted by Gasteiger charge is 2.10. The van der Waals surface area contributed by atoms with E-state index in [2.05, 4.69) is 0 Å². The van der Waals surface area contributed by atoms with Crippen LogP contribution in [0, 0.1) is 5.21 Å². The van der Waals surface area contributed by atoms with Crippen LogP contribution in [0.15, 0.2) is 97.1 Å². The van der Waals surface area contributed by atoms with E-state index < -0.39 is 0 Å². The number of benzene rings is 3. The van der Waals surface area contributed by atoms with E-state index >= 15 is 0 Å². The highest BCUT2D eigenvalue weighted by molar-refractivity contribution is 6.07. The quantitative estimate of drug-likeness (QED) is 0.285. The third kappa shape index (κ3) is 4.20. The zero-order valence-electron chi connectivity index (χ0n) is 13.4. The minimum Gasteiger partial charge on any atom is -0.623 e. The zero-order chi connectivity index (χ0) is 16.6. The third-order valence-electron chi connectivity index (χ3n) is 3.74. The maximum Gasteiger partial charge on any atom is 0.218 e. The van der Waals surface area contributed by atoms with E-state index in [4.69, 9.17) is 0 Å². The summed E-state index contributed by atoms with van der Waals surface area (Å²) in [5.41, 5.74) is 3.63. The molecule has 0 fully saturated rings. The molecule has 0 heterocycles. The lowest BCUT2D eigenvalue weighted by Crippen LogP contribution is -2.15. The smallest absolute Gasteiger partial charge is 0.218 e. The number of allylic oxidation sites excluding steroid dienone is 1. The molecule has 118 valence electrons. The minimum absolute atomic E-state index is 0.324. The van der Waals surface area contributed by atoms with Crippen molar-refractivity contribution in [2.75, 3.05) is 0 Å². The van der Waals surface area contributed by atoms with Gasteiger partial charge in [-0.05, 0) is 23.8 Å². The summed E-state index contributed by atoms with van der Waals surface area (Å²) in [4.78, 5) is 0. The molecule has 0 radical (unpaired) electrons. The molecule has 0 aromatic heterocycles. The first kappa shape index (κ1) is 15.8. The first-order chi connectivity index (χ1) is 11.8. The molecule has 3 rings (SSSR count). The highest BCUT2D eigenvalue weighted by Crippen LogP contribution is 2.09. The van der Waals surface area contributed by atoms with Gasteiger partial charge < -0.3 is 5.21 Å². The summed E-state index contributed by atoms with van der Waals surface area (Å²) in [5.74, 6) is 0. The van der Waals surface area contributed by atoms with Crippen LogP contribution in [0.25, 0.3) is 6.08 Å². The summed E-state index contributed by atoms with van der Waals surface area (Å²) < 4.78 is 1.05. The van der Waals surface area contributed by atoms with E-state index in [0.717, 1.165) is 21.4 Å². The van der Waals surface area contributed by atoms with Crippen molar-refractivity contribution in [2.24, 2.45) is 0 Å². The van der Waals surface area contributed by atoms with Gasteiger partial charge in [-0.2, -0.15) is 0 Å². The summed E-state index contributed by atoms with van der Waals surface area (Å²) in [5, 5.41) is 12.8. The fourth-order valence-electron chi connectivity index (χ4n) is 2.51. The zero-order valence-corrected chi connectivity index (χ0v) is 13.4. The van der Waals surface area contributed by atoms with Crippen molar-refractivity contribution in [2.45, 2.75) is 6.54 Å². The van der Waals surface area contributed by atoms with Gasteiger partial charge in [0.15, 0.2) is 6.54 Å². The van der Waals surface area contributed by atoms with Crippen molar-refractivity contribution < 1.29 is 4.74 Å². The predicted molar refractivity (Wildman–Crippen MR) is 99.8 cm³/mol. The summed E-state index contributed by atoms with van der Waals surface area (Å²) >= 11 is 0. The first-order valence-corrected chi connectivity index (χ1v) is 7.97. The van der Waals surface area contributed by atoms with Gasteiger partial charge in [0.1, 0.15) is 0 Å². The Hall–Kier alpha value is -3.13. The van der Waals surface area contributed by atoms with Gasteiger partial charge in [-0.15, -0.1) is 0 Å². The van der Waals surface area contributed by atoms with Crippen LogP contribution < -0.4 is 0 Å². The summed E-state index contributed by atoms with van der Waals surface area (Å²) in [6, 6.07) is 29.5. The number of hydrogen-bond donors (Lipinski definition) is 0. The molecular formula is C22H19NO. The standard InChI is InChI=1S/C22H19NO/c24-23(18-20-12-6-2-7-13-20)22(21-14-8-3-9-15-21)17-16-19-10-4-1-5-11-19/h1-17H,18H2/b17-16+,23-22+. The Morgan fingerprint density at radius 3 is 1.92 bits per heavy atom. The maximum absolute atomic E-state index is 12.8. The minimum atomic E-state index is 0.324. The molecule has 3 aromatic rings. The van der Waals surface area contributed by atoms with Crippen molar-refractivity contribution in [3.05, 3.63) is 119 Å². The monoisotopic (exact) mass is 313 g/mol. The molecule has 2 heteroatoms. The molecule has 0 spiro atoms. The Morgan fingerprint density at radius 2 is 1.29 bits per heavy atom. The fraction of sp³-hybridized carbons (Fsp3) is 0.0455. The van der Waals surface area contributed by atoms with Crippen LogP contribution >= 0.6 is 0 Å². The molecular weight excluding hydrogens is 294 g/mol. The SMILES string of the molecule is [O-]/[N+](Cc1ccccc1)=C(\C=C\c1ccccc1)c1ccccc1. The van der Waals surface area contributed by atoms with Gasteiger partial charge in [-0.25, -0.2) is 4.74 Å². The molecule has 0 N–H and O–H groups in total. The van der Waals surface area contributed by atoms with Gasteiger partial charge in [0.2, 0.25) is 5.71 Å². The molecule has 0 aliphatic heterocycles. The maximum atomic E-state index is 12.8. The van der Waals surface area contributed by atoms with E-state index in [-0.39, 0.29) is 0 Å². The predicted octanol–water partition coefficient (Wildman–Crippen LogP) is 4.90. The second kappa shape index (κ2) is 7.93. The highest BCUT2D eigenvalue weighted by atomic mass is 16.5. The van der Waals surface area contributed by atoms with Crippen molar-refractivity contribution in [1.29, 1.82) is 0 Å². The summed E-state index contributed by atoms with van der Waals surface area (Å²) in [6.07, 6.45) is 3.86. The number of hydrogen-bond acceptors (Lipinski definition) is 1. The van der Waals surface area contributed by atoms with Gasteiger partial charge >= 0.3 is 0 Å². The van der Waals surface area contributed by atoms with Gasteiger partial charge in [0, 0.05) is 17.2 Å². The van der Waals surface area contributed by atoms with Crippen LogP contribution in [-0.4, -0.2) is 10.5 Å². The molecule has 0 saturated carbocycles. The lowest BCUT2D eigenvalue weighted by atomic mass is 10.1. The van der Waals surface area contributed by atoms with Crippen molar-refractivity contribution >= 4 is 11.8 Å². The number of hydroxylamine groups is 1. The molecule has 0 unspecified atom stereocenters. The van der Waals surface area contributed by atoms with Gasteiger partial charge in [0.25, 0.3) is 0 Å². The summed E-state index contributed by atoms with van der Waals surface area (Å²) in [7, 11) is 0. The van der Waals surface area contributed by atoms with Crippen LogP contribution in [0.2, 0.25) is 0 Å². The van der Waals surface area contributed by atoms with Gasteiger partial charge in [-0.1, -0.05) is 78.9 Å². The Balaban J connectivity index is 1.95. The Bertz CT molecular complexity index is 822. The normalized spacial score (nSPS) is 12.2. The average molecular weight is 313 g/mol. The topological polar surface area (TPSA) is 26.1 Å². The van der Waals surface area contributed by atoms with Crippen LogP contribution in [-0.2, 0) is 6.54 Å². The van der Waals surface area contributed by atoms with Crippen molar-refractivity contribution in [1.82, 2.24) is 0 Å². The largest absolute Gasteiger partial charge is 0.623 e. The lowest BCUT2D eigenvalue weighted by molar-refractivity contribution is -0.473. The number of rotatable bonds is 5. The fourth-order valence-corrected chi connectivity index (χ4v) is 2.51. The molecule has 0 amide bonds. The molecule has 3 aromatic carbocycles. The molecule has 2 nitrogen and oxygen atoms in total. The lowest BCUT2D eigenvalue weighted by Gasteiger charge is -2.09. The molecule has 0 saturated heterocycles. The van der Waals surface area contributed by atoms with Crippen molar-refractivity contribution in [3.8, 4) is 0 Å². The number of nitrogens with zero attached hydrogens (tertiary/aromatic N) is 1. The van der Waals surface area contributed by atoms with E-state index in [1.807, 2.05) is 103 Å². The summed E-state index contributed by atoms with van der Waals surface area (Å²) in [6.45, 7) is 0.324. The van der Waals surface area contributed by atoms with Crippen LogP contribution in [0.4, 0.5) is 0 Å². The molecule has 0 atom stereocenters. The van der Waals surface area contributed by atoms with Crippen LogP contribution in [0.1, 0.15) is 16.7 Å². The Morgan fingerprint density at radius 1 is 0.750 bits per heavy atom. The van der Waals surface area contributed by atoms with Crippen LogP contribution in [0.3, 0.4) is 0 Å². The molecule has 24 heavy (non-hydrogen) atoms. The average Bonchev–Trinajstić information content (AvgIpc) is 2.64. The molecule has 0 aliphatic carbocycles. The van der Waals surface area contributed by atoms with E-state index in [0.29, 0.717) is 12.3 Å². The second-order valence-corrected chi connectivity index (χ2v) is 5.52. The van der Waals surface area contributed by atoms with Crippen LogP contribution in [0.5, 0.6) is 0 Å². The Labute approximate surface area is 142 Å². The van der Waals surface area contributed by atoms with Gasteiger partial charge in [-0.3, -0.25) is 0 Å².